The van der Waals surface area contributed by atoms with Gasteiger partial charge in [0.05, 0.1) is 23.7 Å². The van der Waals surface area contributed by atoms with Crippen LogP contribution in [0.3, 0.4) is 0 Å². The van der Waals surface area contributed by atoms with Crippen molar-refractivity contribution in [1.29, 1.82) is 0 Å². The molecule has 12 nitrogen and oxygen atoms in total. The summed E-state index contributed by atoms with van der Waals surface area (Å²) in [5.41, 5.74) is 5.72. The Kier molecular flexibility index (Phi) is 22.2. The molecule has 5 aromatic carbocycles. The van der Waals surface area contributed by atoms with Crippen LogP contribution in [-0.4, -0.2) is 73.6 Å². The minimum atomic E-state index is -1.38. The highest BCUT2D eigenvalue weighted by Gasteiger charge is 2.39. The number of rotatable bonds is 31. The molecule has 0 aliphatic heterocycles. The quantitative estimate of drug-likeness (QED) is 0.0217. The van der Waals surface area contributed by atoms with E-state index >= 15 is 0 Å². The number of Topliss-reactive ketones (excluding diaryl/α,β-unsaturated/α-hetero) is 3. The van der Waals surface area contributed by atoms with Gasteiger partial charge in [-0.15, -0.1) is 0 Å². The van der Waals surface area contributed by atoms with Crippen molar-refractivity contribution in [3.8, 4) is 11.1 Å². The highest BCUT2D eigenvalue weighted by Crippen LogP contribution is 2.41. The van der Waals surface area contributed by atoms with E-state index in [0.717, 1.165) is 59.9 Å². The Morgan fingerprint density at radius 3 is 1.72 bits per heavy atom. The number of amides is 2. The Morgan fingerprint density at radius 1 is 0.641 bits per heavy atom. The molecule has 412 valence electrons. The molecule has 78 heavy (non-hydrogen) atoms. The second-order valence-electron chi connectivity index (χ2n) is 21.8. The summed E-state index contributed by atoms with van der Waals surface area (Å²) in [5.74, 6) is -4.79. The standard InChI is InChI=1S/C66H80N4O8/c1-8-10-15-24-52(42-57(71)31-22-32-59(72)51-39-37-50(38-40-51)49-35-33-48(34-36-49)23-11-9-2)63(75)69-61(47(4)78-65(5,6)7)60(73)41-46(3)62(74)68-58(64(76)77)43-56-44-70(45-67-56)66(53-25-16-12-17-26-53,54-27-18-13-19-28-54)55-29-20-14-21-30-55/h12-14,16-21,25-30,33-40,44-47,52,58,61H,8-11,15,22-24,31-32,41-43H2,1-7H3,(H,68,74)(H,69,75)(H,76,77)/t46-,47-,52-,58+,61+/m1/s1. The van der Waals surface area contributed by atoms with Crippen molar-refractivity contribution >= 4 is 35.1 Å². The van der Waals surface area contributed by atoms with Gasteiger partial charge < -0.3 is 25.0 Å². The minimum Gasteiger partial charge on any atom is -0.480 e. The van der Waals surface area contributed by atoms with Crippen molar-refractivity contribution in [2.24, 2.45) is 11.8 Å². The van der Waals surface area contributed by atoms with Crippen LogP contribution in [0.5, 0.6) is 0 Å². The van der Waals surface area contributed by atoms with E-state index in [0.29, 0.717) is 30.5 Å². The molecule has 0 bridgehead atoms. The monoisotopic (exact) mass is 1060 g/mol. The lowest BCUT2D eigenvalue weighted by atomic mass is 9.77. The van der Waals surface area contributed by atoms with Gasteiger partial charge in [-0.3, -0.25) is 24.0 Å². The van der Waals surface area contributed by atoms with E-state index in [-0.39, 0.29) is 43.7 Å². The van der Waals surface area contributed by atoms with Crippen LogP contribution in [0.2, 0.25) is 0 Å². The highest BCUT2D eigenvalue weighted by atomic mass is 16.5. The average Bonchev–Trinajstić information content (AvgIpc) is 3.95. The van der Waals surface area contributed by atoms with Crippen molar-refractivity contribution in [2.75, 3.05) is 0 Å². The number of nitrogens with one attached hydrogen (secondary N) is 2. The third-order valence-electron chi connectivity index (χ3n) is 14.4. The van der Waals surface area contributed by atoms with E-state index < -0.39 is 64.7 Å². The number of carboxylic acids is 1. The topological polar surface area (TPSA) is 174 Å². The molecule has 2 amide bonds. The Labute approximate surface area is 461 Å². The second kappa shape index (κ2) is 28.9. The molecule has 0 aliphatic carbocycles. The molecule has 12 heteroatoms. The number of imidazole rings is 1. The summed E-state index contributed by atoms with van der Waals surface area (Å²) < 4.78 is 8.21. The van der Waals surface area contributed by atoms with E-state index in [2.05, 4.69) is 48.7 Å². The molecule has 5 atom stereocenters. The first-order chi connectivity index (χ1) is 37.4. The molecule has 0 spiro atoms. The second-order valence-corrected chi connectivity index (χ2v) is 21.8. The summed E-state index contributed by atoms with van der Waals surface area (Å²) >= 11 is 0. The largest absolute Gasteiger partial charge is 0.480 e. The predicted molar refractivity (Wildman–Crippen MR) is 307 cm³/mol. The lowest BCUT2D eigenvalue weighted by molar-refractivity contribution is -0.143. The van der Waals surface area contributed by atoms with Gasteiger partial charge in [0.1, 0.15) is 23.4 Å². The van der Waals surface area contributed by atoms with Gasteiger partial charge in [-0.2, -0.15) is 0 Å². The van der Waals surface area contributed by atoms with Gasteiger partial charge in [0.25, 0.3) is 0 Å². The molecule has 0 saturated carbocycles. The Balaban J connectivity index is 1.10. The van der Waals surface area contributed by atoms with Crippen molar-refractivity contribution in [2.45, 2.75) is 161 Å². The minimum absolute atomic E-state index is 0.0511. The molecular weight excluding hydrogens is 977 g/mol. The number of hydrogen-bond donors (Lipinski definition) is 3. The van der Waals surface area contributed by atoms with Crippen LogP contribution in [-0.2, 0) is 47.1 Å². The van der Waals surface area contributed by atoms with Crippen LogP contribution in [0.1, 0.15) is 157 Å². The number of carbonyl (C=O) groups is 6. The molecule has 6 rings (SSSR count). The Hall–Kier alpha value is -7.31. The highest BCUT2D eigenvalue weighted by molar-refractivity contribution is 5.97. The van der Waals surface area contributed by atoms with Gasteiger partial charge in [0.2, 0.25) is 11.8 Å². The van der Waals surface area contributed by atoms with Crippen LogP contribution < -0.4 is 10.6 Å². The summed E-state index contributed by atoms with van der Waals surface area (Å²) in [7, 11) is 0. The molecule has 0 unspecified atom stereocenters. The number of ketones is 3. The molecule has 1 aromatic heterocycles. The van der Waals surface area contributed by atoms with Crippen LogP contribution in [0.4, 0.5) is 0 Å². The number of carbonyl (C=O) groups excluding carboxylic acids is 5. The lowest BCUT2D eigenvalue weighted by Crippen LogP contribution is -2.53. The van der Waals surface area contributed by atoms with E-state index in [9.17, 15) is 33.9 Å². The van der Waals surface area contributed by atoms with Crippen molar-refractivity contribution in [1.82, 2.24) is 20.2 Å². The van der Waals surface area contributed by atoms with Crippen molar-refractivity contribution < 1.29 is 38.6 Å². The number of aromatic nitrogens is 2. The molecule has 0 aliphatic rings. The number of carboxylic acid groups (broad SMARTS) is 1. The zero-order chi connectivity index (χ0) is 56.2. The first-order valence-electron chi connectivity index (χ1n) is 27.9. The molecule has 0 fully saturated rings. The summed E-state index contributed by atoms with van der Waals surface area (Å²) in [6, 6.07) is 43.5. The van der Waals surface area contributed by atoms with Crippen LogP contribution in [0, 0.1) is 11.8 Å². The SMILES string of the molecule is CCCCC[C@H](CC(=O)CCCC(=O)c1ccc(-c2ccc(CCCC)cc2)cc1)C(=O)N[C@H](C(=O)C[C@@H](C)C(=O)N[C@@H](Cc1cn(C(c2ccccc2)(c2ccccc2)c2ccccc2)cn1)C(=O)O)[C@@H](C)OC(C)(C)C. The van der Waals surface area contributed by atoms with Crippen LogP contribution in [0.15, 0.2) is 152 Å². The zero-order valence-corrected chi connectivity index (χ0v) is 46.7. The number of aliphatic carboxylic acids is 1. The van der Waals surface area contributed by atoms with Gasteiger partial charge in [0.15, 0.2) is 11.6 Å². The van der Waals surface area contributed by atoms with Crippen LogP contribution >= 0.6 is 0 Å². The fraction of sp³-hybridized carbons (Fsp3) is 0.409. The first-order valence-corrected chi connectivity index (χ1v) is 27.9. The molecule has 3 N–H and O–H groups in total. The third-order valence-corrected chi connectivity index (χ3v) is 14.4. The molecule has 6 aromatic rings. The lowest BCUT2D eigenvalue weighted by Gasteiger charge is -2.37. The van der Waals surface area contributed by atoms with Crippen LogP contribution in [0.25, 0.3) is 11.1 Å². The number of nitrogens with zero attached hydrogens (tertiary/aromatic N) is 2. The molecule has 1 heterocycles. The average molecular weight is 1060 g/mol. The number of hydrogen-bond acceptors (Lipinski definition) is 8. The van der Waals surface area contributed by atoms with Gasteiger partial charge in [0, 0.05) is 55.7 Å². The summed E-state index contributed by atoms with van der Waals surface area (Å²) in [5, 5.41) is 16.1. The summed E-state index contributed by atoms with van der Waals surface area (Å²) in [6.45, 7) is 13.0. The first kappa shape index (κ1) is 59.9. The van der Waals surface area contributed by atoms with E-state index in [1.165, 1.54) is 5.56 Å². The third kappa shape index (κ3) is 16.6. The van der Waals surface area contributed by atoms with Crippen molar-refractivity contribution in [3.63, 3.8) is 0 Å². The number of aryl methyl sites for hydroxylation is 1. The Bertz CT molecular complexity index is 2780. The Morgan fingerprint density at radius 2 is 1.19 bits per heavy atom. The molecule has 0 saturated heterocycles. The number of benzene rings is 5. The van der Waals surface area contributed by atoms with Crippen molar-refractivity contribution in [3.05, 3.63) is 186 Å². The summed E-state index contributed by atoms with van der Waals surface area (Å²) in [6.07, 6.45) is 9.02. The van der Waals surface area contributed by atoms with Gasteiger partial charge in [-0.25, -0.2) is 9.78 Å². The fourth-order valence-electron chi connectivity index (χ4n) is 10.3. The van der Waals surface area contributed by atoms with Gasteiger partial charge in [-0.05, 0) is 86.8 Å². The van der Waals surface area contributed by atoms with E-state index in [4.69, 9.17) is 9.72 Å². The van der Waals surface area contributed by atoms with E-state index in [1.807, 2.05) is 147 Å². The smallest absolute Gasteiger partial charge is 0.326 e. The van der Waals surface area contributed by atoms with E-state index in [1.54, 1.807) is 20.2 Å². The fourth-order valence-corrected chi connectivity index (χ4v) is 10.3. The number of ether oxygens (including phenoxy) is 1. The molecular formula is C66H80N4O8. The molecule has 0 radical (unpaired) electrons. The normalized spacial score (nSPS) is 13.6. The summed E-state index contributed by atoms with van der Waals surface area (Å²) in [4.78, 5) is 86.8. The number of unbranched alkanes of at least 4 members (excludes halogenated alkanes) is 3. The maximum atomic E-state index is 14.3. The maximum absolute atomic E-state index is 14.3. The predicted octanol–water partition coefficient (Wildman–Crippen LogP) is 12.3. The zero-order valence-electron chi connectivity index (χ0n) is 46.7. The van der Waals surface area contributed by atoms with Gasteiger partial charge in [-0.1, -0.05) is 186 Å². The maximum Gasteiger partial charge on any atom is 0.326 e. The van der Waals surface area contributed by atoms with Gasteiger partial charge >= 0.3 is 5.97 Å².